The number of aromatic nitrogens is 6. The molecule has 0 fully saturated rings. The van der Waals surface area contributed by atoms with Crippen LogP contribution in [0.3, 0.4) is 0 Å². The first kappa shape index (κ1) is 16.8. The molecule has 1 amide bonds. The highest BCUT2D eigenvalue weighted by Crippen LogP contribution is 2.19. The Bertz CT molecular complexity index is 1100. The van der Waals surface area contributed by atoms with Gasteiger partial charge in [-0.15, -0.1) is 0 Å². The first-order valence-corrected chi connectivity index (χ1v) is 8.48. The third-order valence-corrected chi connectivity index (χ3v) is 4.48. The number of nitrogens with zero attached hydrogens (tertiary/aromatic N) is 5. The second-order valence-corrected chi connectivity index (χ2v) is 6.36. The van der Waals surface area contributed by atoms with E-state index in [1.807, 2.05) is 55.9 Å². The average Bonchev–Trinajstić information content (AvgIpc) is 3.38. The topological polar surface area (TPSA) is 93.4 Å². The fourth-order valence-electron chi connectivity index (χ4n) is 2.80. The Morgan fingerprint density at radius 2 is 1.96 bits per heavy atom. The number of hydrogen-bond acceptors (Lipinski definition) is 4. The third kappa shape index (κ3) is 3.24. The molecule has 4 aromatic rings. The van der Waals surface area contributed by atoms with Gasteiger partial charge in [-0.1, -0.05) is 0 Å². The molecule has 0 spiro atoms. The highest BCUT2D eigenvalue weighted by Gasteiger charge is 2.12. The summed E-state index contributed by atoms with van der Waals surface area (Å²) in [6, 6.07) is 9.31. The lowest BCUT2D eigenvalue weighted by Crippen LogP contribution is -2.12. The molecule has 0 saturated carbocycles. The van der Waals surface area contributed by atoms with Crippen molar-refractivity contribution in [3.05, 3.63) is 66.1 Å². The molecule has 0 saturated heterocycles. The second kappa shape index (κ2) is 6.56. The maximum Gasteiger partial charge on any atom is 0.273 e. The lowest BCUT2D eigenvalue weighted by atomic mass is 10.2. The molecule has 0 aliphatic heterocycles. The lowest BCUT2D eigenvalue weighted by Gasteiger charge is -2.08. The standard InChI is InChI=1S/C19H19N7O/c1-12-13(2)26(11-20-12)16-6-4-15(5-7-16)22-19(27)18-8-17(23-24-18)14-9-21-25(3)10-14/h4-11H,1-3H3,(H,22,27)(H,23,24). The molecular weight excluding hydrogens is 342 g/mol. The summed E-state index contributed by atoms with van der Waals surface area (Å²) in [6.07, 6.45) is 5.34. The van der Waals surface area contributed by atoms with Gasteiger partial charge in [-0.3, -0.25) is 14.6 Å². The minimum atomic E-state index is -0.250. The van der Waals surface area contributed by atoms with Crippen LogP contribution in [0.1, 0.15) is 21.9 Å². The van der Waals surface area contributed by atoms with Crippen molar-refractivity contribution >= 4 is 11.6 Å². The molecular formula is C19H19N7O. The summed E-state index contributed by atoms with van der Waals surface area (Å²) in [7, 11) is 1.83. The Kier molecular flexibility index (Phi) is 4.08. The molecule has 8 nitrogen and oxygen atoms in total. The molecule has 1 aromatic carbocycles. The smallest absolute Gasteiger partial charge is 0.273 e. The van der Waals surface area contributed by atoms with Crippen molar-refractivity contribution in [2.45, 2.75) is 13.8 Å². The maximum absolute atomic E-state index is 12.5. The molecule has 0 bridgehead atoms. The number of H-pyrrole nitrogens is 1. The van der Waals surface area contributed by atoms with E-state index in [1.54, 1.807) is 23.3 Å². The molecule has 8 heteroatoms. The number of amides is 1. The van der Waals surface area contributed by atoms with Crippen molar-refractivity contribution < 1.29 is 4.79 Å². The van der Waals surface area contributed by atoms with Crippen molar-refractivity contribution in [2.24, 2.45) is 7.05 Å². The van der Waals surface area contributed by atoms with E-state index in [0.717, 1.165) is 22.6 Å². The van der Waals surface area contributed by atoms with Crippen molar-refractivity contribution in [3.63, 3.8) is 0 Å². The quantitative estimate of drug-likeness (QED) is 0.584. The number of rotatable bonds is 4. The first-order chi connectivity index (χ1) is 13.0. The molecule has 136 valence electrons. The highest BCUT2D eigenvalue weighted by molar-refractivity contribution is 6.03. The first-order valence-electron chi connectivity index (χ1n) is 8.48. The van der Waals surface area contributed by atoms with Gasteiger partial charge in [-0.05, 0) is 44.2 Å². The largest absolute Gasteiger partial charge is 0.321 e. The second-order valence-electron chi connectivity index (χ2n) is 6.36. The van der Waals surface area contributed by atoms with Crippen molar-refractivity contribution in [1.29, 1.82) is 0 Å². The minimum absolute atomic E-state index is 0.250. The van der Waals surface area contributed by atoms with E-state index >= 15 is 0 Å². The number of hydrogen-bond donors (Lipinski definition) is 2. The molecule has 0 unspecified atom stereocenters. The zero-order valence-corrected chi connectivity index (χ0v) is 15.3. The van der Waals surface area contributed by atoms with Crippen LogP contribution in [-0.4, -0.2) is 35.4 Å². The van der Waals surface area contributed by atoms with Crippen LogP contribution in [-0.2, 0) is 7.05 Å². The summed E-state index contributed by atoms with van der Waals surface area (Å²) in [4.78, 5) is 16.8. The Balaban J connectivity index is 1.48. The van der Waals surface area contributed by atoms with Gasteiger partial charge in [0.1, 0.15) is 5.69 Å². The van der Waals surface area contributed by atoms with Gasteiger partial charge in [0.05, 0.1) is 23.9 Å². The molecule has 3 heterocycles. The number of imidazole rings is 1. The summed E-state index contributed by atoms with van der Waals surface area (Å²) in [5.74, 6) is -0.250. The van der Waals surface area contributed by atoms with Crippen LogP contribution in [0, 0.1) is 13.8 Å². The van der Waals surface area contributed by atoms with Crippen LogP contribution in [0.4, 0.5) is 5.69 Å². The average molecular weight is 361 g/mol. The minimum Gasteiger partial charge on any atom is -0.321 e. The summed E-state index contributed by atoms with van der Waals surface area (Å²) >= 11 is 0. The molecule has 0 radical (unpaired) electrons. The fraction of sp³-hybridized carbons (Fsp3) is 0.158. The van der Waals surface area contributed by atoms with E-state index in [2.05, 4.69) is 25.6 Å². The number of carbonyl (C=O) groups excluding carboxylic acids is 1. The van der Waals surface area contributed by atoms with Crippen LogP contribution < -0.4 is 5.32 Å². The maximum atomic E-state index is 12.5. The number of aromatic amines is 1. The van der Waals surface area contributed by atoms with E-state index in [0.29, 0.717) is 17.1 Å². The Labute approximate surface area is 155 Å². The fourth-order valence-corrected chi connectivity index (χ4v) is 2.80. The van der Waals surface area contributed by atoms with Gasteiger partial charge < -0.3 is 9.88 Å². The SMILES string of the molecule is Cc1ncn(-c2ccc(NC(=O)c3cc(-c4cnn(C)c4)n[nH]3)cc2)c1C. The highest BCUT2D eigenvalue weighted by atomic mass is 16.1. The number of aryl methyl sites for hydroxylation is 2. The van der Waals surface area contributed by atoms with E-state index in [1.165, 1.54) is 0 Å². The zero-order chi connectivity index (χ0) is 19.0. The van der Waals surface area contributed by atoms with E-state index in [9.17, 15) is 4.79 Å². The molecule has 27 heavy (non-hydrogen) atoms. The summed E-state index contributed by atoms with van der Waals surface area (Å²) in [6.45, 7) is 4.00. The number of nitrogens with one attached hydrogen (secondary N) is 2. The van der Waals surface area contributed by atoms with E-state index < -0.39 is 0 Å². The van der Waals surface area contributed by atoms with Crippen LogP contribution >= 0.6 is 0 Å². The van der Waals surface area contributed by atoms with E-state index in [-0.39, 0.29) is 5.91 Å². The summed E-state index contributed by atoms with van der Waals surface area (Å²) in [5, 5.41) is 13.9. The summed E-state index contributed by atoms with van der Waals surface area (Å²) in [5.41, 5.74) is 5.70. The van der Waals surface area contributed by atoms with Crippen molar-refractivity contribution in [2.75, 3.05) is 5.32 Å². The van der Waals surface area contributed by atoms with Crippen LogP contribution in [0.5, 0.6) is 0 Å². The van der Waals surface area contributed by atoms with Gasteiger partial charge in [0.15, 0.2) is 0 Å². The number of benzene rings is 1. The van der Waals surface area contributed by atoms with Gasteiger partial charge in [-0.25, -0.2) is 4.98 Å². The van der Waals surface area contributed by atoms with Crippen LogP contribution in [0.15, 0.2) is 49.1 Å². The van der Waals surface area contributed by atoms with Crippen molar-refractivity contribution in [3.8, 4) is 16.9 Å². The monoisotopic (exact) mass is 361 g/mol. The normalized spacial score (nSPS) is 10.9. The molecule has 2 N–H and O–H groups in total. The Morgan fingerprint density at radius 3 is 2.59 bits per heavy atom. The molecule has 0 aliphatic rings. The predicted molar refractivity (Wildman–Crippen MR) is 102 cm³/mol. The third-order valence-electron chi connectivity index (χ3n) is 4.48. The van der Waals surface area contributed by atoms with E-state index in [4.69, 9.17) is 0 Å². The van der Waals surface area contributed by atoms with Gasteiger partial charge >= 0.3 is 0 Å². The van der Waals surface area contributed by atoms with Crippen molar-refractivity contribution in [1.82, 2.24) is 29.5 Å². The predicted octanol–water partition coefficient (Wildman–Crippen LogP) is 2.87. The Hall–Kier alpha value is -3.68. The van der Waals surface area contributed by atoms with Crippen LogP contribution in [0.2, 0.25) is 0 Å². The Morgan fingerprint density at radius 1 is 1.19 bits per heavy atom. The number of anilines is 1. The zero-order valence-electron chi connectivity index (χ0n) is 15.3. The molecule has 4 rings (SSSR count). The summed E-state index contributed by atoms with van der Waals surface area (Å²) < 4.78 is 3.70. The molecule has 3 aromatic heterocycles. The van der Waals surface area contributed by atoms with Gasteiger partial charge in [-0.2, -0.15) is 10.2 Å². The van der Waals surface area contributed by atoms with Gasteiger partial charge in [0.25, 0.3) is 5.91 Å². The van der Waals surface area contributed by atoms with Crippen LogP contribution in [0.25, 0.3) is 16.9 Å². The molecule has 0 atom stereocenters. The number of carbonyl (C=O) groups is 1. The van der Waals surface area contributed by atoms with Gasteiger partial charge in [0, 0.05) is 35.9 Å². The molecule has 0 aliphatic carbocycles. The lowest BCUT2D eigenvalue weighted by molar-refractivity contribution is 0.102. The van der Waals surface area contributed by atoms with Gasteiger partial charge in [0.2, 0.25) is 0 Å².